The lowest BCUT2D eigenvalue weighted by Gasteiger charge is -2.36. The van der Waals surface area contributed by atoms with Crippen LogP contribution in [-0.4, -0.2) is 32.7 Å². The van der Waals surface area contributed by atoms with Crippen LogP contribution in [0.25, 0.3) is 0 Å². The number of rotatable bonds is 4. The molecule has 0 atom stereocenters. The Kier molecular flexibility index (Phi) is 4.30. The zero-order chi connectivity index (χ0) is 11.1. The highest BCUT2D eigenvalue weighted by Gasteiger charge is 2.38. The van der Waals surface area contributed by atoms with Gasteiger partial charge in [-0.15, -0.1) is 0 Å². The Balaban J connectivity index is 2.53. The van der Waals surface area contributed by atoms with Crippen molar-refractivity contribution in [1.82, 2.24) is 0 Å². The second kappa shape index (κ2) is 5.50. The molecule has 0 radical (unpaired) electrons. The summed E-state index contributed by atoms with van der Waals surface area (Å²) in [4.78, 5) is 0. The van der Waals surface area contributed by atoms with Crippen LogP contribution in [0.3, 0.4) is 0 Å². The van der Waals surface area contributed by atoms with Crippen LogP contribution in [0.2, 0.25) is 0 Å². The van der Waals surface area contributed by atoms with Crippen LogP contribution < -0.4 is 0 Å². The molecule has 4 heteroatoms. The largest absolute Gasteiger partial charge is 0.446 e. The maximum atomic E-state index is 5.37. The van der Waals surface area contributed by atoms with Gasteiger partial charge in [-0.25, -0.2) is 0 Å². The van der Waals surface area contributed by atoms with Gasteiger partial charge in [0.05, 0.1) is 18.6 Å². The van der Waals surface area contributed by atoms with Crippen molar-refractivity contribution >= 4 is 0 Å². The molecule has 1 saturated heterocycles. The van der Waals surface area contributed by atoms with Crippen molar-refractivity contribution in [2.75, 3.05) is 26.4 Å². The average Bonchev–Trinajstić information content (AvgIpc) is 2.27. The molecule has 1 fully saturated rings. The molecule has 1 aliphatic rings. The summed E-state index contributed by atoms with van der Waals surface area (Å²) >= 11 is 0. The summed E-state index contributed by atoms with van der Waals surface area (Å²) in [5.41, 5.74) is -0.411. The summed E-state index contributed by atoms with van der Waals surface area (Å²) in [5, 5.41) is 0. The molecule has 0 spiro atoms. The predicted molar refractivity (Wildman–Crippen MR) is 53.4 cm³/mol. The molecule has 0 saturated carbocycles. The summed E-state index contributed by atoms with van der Waals surface area (Å²) in [7, 11) is 0. The fourth-order valence-electron chi connectivity index (χ4n) is 1.28. The van der Waals surface area contributed by atoms with Gasteiger partial charge in [0.15, 0.2) is 6.29 Å². The third kappa shape index (κ3) is 3.36. The fraction of sp³-hybridized carbons (Fsp3) is 0.636. The molecule has 0 aromatic carbocycles. The lowest BCUT2D eigenvalue weighted by Crippen LogP contribution is -2.46. The van der Waals surface area contributed by atoms with E-state index in [9.17, 15) is 0 Å². The predicted octanol–water partition coefficient (Wildman–Crippen LogP) is 0.580. The molecule has 1 heterocycles. The summed E-state index contributed by atoms with van der Waals surface area (Å²) < 4.78 is 20.6. The van der Waals surface area contributed by atoms with Crippen molar-refractivity contribution < 1.29 is 18.9 Å². The first-order valence-electron chi connectivity index (χ1n) is 4.60. The molecule has 0 aromatic heterocycles. The van der Waals surface area contributed by atoms with Gasteiger partial charge in [0.2, 0.25) is 0 Å². The number of terminal acetylenes is 2. The van der Waals surface area contributed by atoms with Crippen LogP contribution >= 0.6 is 0 Å². The molecular weight excluding hydrogens is 196 g/mol. The van der Waals surface area contributed by atoms with Gasteiger partial charge in [-0.2, -0.15) is 0 Å². The highest BCUT2D eigenvalue weighted by molar-refractivity contribution is 4.85. The Morgan fingerprint density at radius 3 is 2.07 bits per heavy atom. The van der Waals surface area contributed by atoms with E-state index in [0.717, 1.165) is 0 Å². The number of ether oxygens (including phenoxy) is 4. The van der Waals surface area contributed by atoms with Crippen molar-refractivity contribution in [2.24, 2.45) is 5.41 Å². The standard InChI is InChI=1S/C11H14O4/c1-4-12-6-11(7-13-5-2)8-14-10(3)15-9-11/h1-2,10H,6-9H2,3H3. The molecule has 0 bridgehead atoms. The maximum Gasteiger partial charge on any atom is 0.154 e. The zero-order valence-electron chi connectivity index (χ0n) is 8.69. The van der Waals surface area contributed by atoms with Crippen LogP contribution in [0.4, 0.5) is 0 Å². The van der Waals surface area contributed by atoms with Gasteiger partial charge in [-0.1, -0.05) is 12.8 Å². The first kappa shape index (κ1) is 11.7. The average molecular weight is 210 g/mol. The van der Waals surface area contributed by atoms with E-state index in [4.69, 9.17) is 31.8 Å². The Bertz CT molecular complexity index is 245. The van der Waals surface area contributed by atoms with Gasteiger partial charge in [0, 0.05) is 0 Å². The van der Waals surface area contributed by atoms with Crippen LogP contribution in [0.15, 0.2) is 0 Å². The molecule has 0 amide bonds. The maximum absolute atomic E-state index is 5.37. The number of hydrogen-bond donors (Lipinski definition) is 0. The normalized spacial score (nSPS) is 19.9. The van der Waals surface area contributed by atoms with Gasteiger partial charge in [0.1, 0.15) is 25.4 Å². The first-order chi connectivity index (χ1) is 7.22. The third-order valence-electron chi connectivity index (χ3n) is 2.17. The van der Waals surface area contributed by atoms with Crippen molar-refractivity contribution in [1.29, 1.82) is 0 Å². The fourth-order valence-corrected chi connectivity index (χ4v) is 1.28. The topological polar surface area (TPSA) is 36.9 Å². The van der Waals surface area contributed by atoms with E-state index in [1.54, 1.807) is 0 Å². The highest BCUT2D eigenvalue weighted by atomic mass is 16.7. The SMILES string of the molecule is C#COCC1(COC#C)COC(C)OC1. The van der Waals surface area contributed by atoms with Crippen molar-refractivity contribution in [3.05, 3.63) is 0 Å². The smallest absolute Gasteiger partial charge is 0.154 e. The lowest BCUT2D eigenvalue weighted by atomic mass is 9.91. The van der Waals surface area contributed by atoms with E-state index in [-0.39, 0.29) is 6.29 Å². The molecule has 1 aliphatic heterocycles. The summed E-state index contributed by atoms with van der Waals surface area (Å²) in [6.07, 6.45) is 14.1. The van der Waals surface area contributed by atoms with Gasteiger partial charge >= 0.3 is 0 Å². The molecule has 4 nitrogen and oxygen atoms in total. The zero-order valence-corrected chi connectivity index (χ0v) is 8.69. The Labute approximate surface area is 89.8 Å². The molecule has 82 valence electrons. The monoisotopic (exact) mass is 210 g/mol. The number of hydrogen-bond acceptors (Lipinski definition) is 4. The third-order valence-corrected chi connectivity index (χ3v) is 2.17. The Morgan fingerprint density at radius 1 is 1.20 bits per heavy atom. The second-order valence-corrected chi connectivity index (χ2v) is 3.50. The Hall–Kier alpha value is -1.36. The van der Waals surface area contributed by atoms with E-state index in [1.807, 2.05) is 6.92 Å². The van der Waals surface area contributed by atoms with Crippen LogP contribution in [-0.2, 0) is 18.9 Å². The van der Waals surface area contributed by atoms with Crippen molar-refractivity contribution in [3.8, 4) is 25.1 Å². The quantitative estimate of drug-likeness (QED) is 0.636. The van der Waals surface area contributed by atoms with Gasteiger partial charge < -0.3 is 18.9 Å². The lowest BCUT2D eigenvalue weighted by molar-refractivity contribution is -0.235. The highest BCUT2D eigenvalue weighted by Crippen LogP contribution is 2.25. The molecule has 0 aromatic rings. The minimum atomic E-state index is -0.411. The van der Waals surface area contributed by atoms with E-state index in [1.165, 1.54) is 0 Å². The Morgan fingerprint density at radius 2 is 1.67 bits per heavy atom. The first-order valence-corrected chi connectivity index (χ1v) is 4.60. The molecule has 15 heavy (non-hydrogen) atoms. The van der Waals surface area contributed by atoms with Crippen molar-refractivity contribution in [2.45, 2.75) is 13.2 Å². The van der Waals surface area contributed by atoms with Crippen LogP contribution in [0.1, 0.15) is 6.92 Å². The second-order valence-electron chi connectivity index (χ2n) is 3.50. The molecule has 0 unspecified atom stereocenters. The minimum absolute atomic E-state index is 0.213. The van der Waals surface area contributed by atoms with Crippen LogP contribution in [0.5, 0.6) is 0 Å². The summed E-state index contributed by atoms with van der Waals surface area (Å²) in [5.74, 6) is 0. The molecule has 0 aliphatic carbocycles. The summed E-state index contributed by atoms with van der Waals surface area (Å²) in [6.45, 7) is 3.35. The van der Waals surface area contributed by atoms with Gasteiger partial charge in [-0.3, -0.25) is 0 Å². The van der Waals surface area contributed by atoms with E-state index in [2.05, 4.69) is 12.2 Å². The van der Waals surface area contributed by atoms with E-state index < -0.39 is 5.41 Å². The molecule has 1 rings (SSSR count). The minimum Gasteiger partial charge on any atom is -0.446 e. The van der Waals surface area contributed by atoms with Crippen molar-refractivity contribution in [3.63, 3.8) is 0 Å². The molecular formula is C11H14O4. The van der Waals surface area contributed by atoms with E-state index >= 15 is 0 Å². The summed E-state index contributed by atoms with van der Waals surface area (Å²) in [6, 6.07) is 0. The van der Waals surface area contributed by atoms with E-state index in [0.29, 0.717) is 26.4 Å². The van der Waals surface area contributed by atoms with Crippen LogP contribution in [0, 0.1) is 30.5 Å². The van der Waals surface area contributed by atoms with Gasteiger partial charge in [-0.05, 0) is 6.92 Å². The van der Waals surface area contributed by atoms with Gasteiger partial charge in [0.25, 0.3) is 0 Å². The molecule has 0 N–H and O–H groups in total.